The Hall–Kier alpha value is -2.31. The fourth-order valence-corrected chi connectivity index (χ4v) is 4.17. The summed E-state index contributed by atoms with van der Waals surface area (Å²) in [6.45, 7) is 14.3. The van der Waals surface area contributed by atoms with Crippen LogP contribution in [0.25, 0.3) is 5.65 Å². The number of anilines is 2. The van der Waals surface area contributed by atoms with E-state index >= 15 is 0 Å². The number of nitrogens with one attached hydrogen (secondary N) is 2. The summed E-state index contributed by atoms with van der Waals surface area (Å²) < 4.78 is 13.4. The van der Waals surface area contributed by atoms with Gasteiger partial charge in [0.2, 0.25) is 5.95 Å². The second-order valence-corrected chi connectivity index (χ2v) is 11.6. The third kappa shape index (κ3) is 6.61. The highest BCUT2D eigenvalue weighted by atomic mass is 127. The number of imidazole rings is 1. The van der Waals surface area contributed by atoms with Crippen LogP contribution in [0.15, 0.2) is 12.4 Å². The van der Waals surface area contributed by atoms with E-state index in [-0.39, 0.29) is 5.54 Å². The lowest BCUT2D eigenvalue weighted by Crippen LogP contribution is -2.54. The molecule has 0 saturated carbocycles. The summed E-state index contributed by atoms with van der Waals surface area (Å²) in [6, 6.07) is 0. The normalized spacial score (nSPS) is 16.4. The van der Waals surface area contributed by atoms with Gasteiger partial charge in [0.15, 0.2) is 11.5 Å². The van der Waals surface area contributed by atoms with E-state index in [0.29, 0.717) is 43.3 Å². The van der Waals surface area contributed by atoms with Gasteiger partial charge in [0.25, 0.3) is 0 Å². The molecule has 1 aliphatic heterocycles. The van der Waals surface area contributed by atoms with Crippen molar-refractivity contribution in [2.75, 3.05) is 23.3 Å². The third-order valence-corrected chi connectivity index (χ3v) is 6.04. The number of halogens is 1. The first-order chi connectivity index (χ1) is 15.2. The van der Waals surface area contributed by atoms with Crippen LogP contribution >= 0.6 is 22.6 Å². The minimum atomic E-state index is -0.617. The molecule has 0 aliphatic carbocycles. The molecule has 0 aromatic carbocycles. The lowest BCUT2D eigenvalue weighted by Gasteiger charge is -2.40. The largest absolute Gasteiger partial charge is 0.444 e. The molecule has 0 radical (unpaired) electrons. The summed E-state index contributed by atoms with van der Waals surface area (Å²) in [5, 5.41) is 5.78. The number of piperidine rings is 1. The Labute approximate surface area is 207 Å². The molecule has 1 aliphatic rings. The molecule has 0 spiro atoms. The quantitative estimate of drug-likeness (QED) is 0.519. The smallest absolute Gasteiger partial charge is 0.413 e. The zero-order chi connectivity index (χ0) is 24.6. The van der Waals surface area contributed by atoms with Crippen LogP contribution in [0.3, 0.4) is 0 Å². The van der Waals surface area contributed by atoms with E-state index in [4.69, 9.17) is 14.5 Å². The molecule has 2 aromatic heterocycles. The van der Waals surface area contributed by atoms with Crippen molar-refractivity contribution in [2.45, 2.75) is 78.0 Å². The maximum Gasteiger partial charge on any atom is 0.413 e. The average Bonchev–Trinajstić information content (AvgIpc) is 3.11. The van der Waals surface area contributed by atoms with Crippen LogP contribution in [0, 0.1) is 3.57 Å². The number of carbonyl (C=O) groups is 2. The standard InChI is InChI=1S/C22H33IN6O4/c1-20(2,3)32-18(30)26-15-14(23)16-24-10-13-29(16)17(25-15)28-11-8-22(7,9-12-28)27-19(31)33-21(4,5)6/h10,13H,8-9,11-12H2,1-7H3,(H,26,30)(H,27,31). The van der Waals surface area contributed by atoms with Gasteiger partial charge in [-0.2, -0.15) is 4.98 Å². The average molecular weight is 572 g/mol. The molecule has 0 unspecified atom stereocenters. The Bertz CT molecular complexity index is 1030. The summed E-state index contributed by atoms with van der Waals surface area (Å²) >= 11 is 2.13. The number of ether oxygens (including phenoxy) is 2. The van der Waals surface area contributed by atoms with Crippen LogP contribution in [-0.2, 0) is 9.47 Å². The molecule has 182 valence electrons. The van der Waals surface area contributed by atoms with Crippen molar-refractivity contribution >= 4 is 52.2 Å². The Morgan fingerprint density at radius 1 is 1.06 bits per heavy atom. The van der Waals surface area contributed by atoms with Crippen LogP contribution < -0.4 is 15.5 Å². The van der Waals surface area contributed by atoms with Gasteiger partial charge in [-0.25, -0.2) is 14.6 Å². The fourth-order valence-electron chi connectivity index (χ4n) is 3.52. The molecule has 33 heavy (non-hydrogen) atoms. The van der Waals surface area contributed by atoms with E-state index < -0.39 is 23.4 Å². The number of carbonyl (C=O) groups excluding carboxylic acids is 2. The van der Waals surface area contributed by atoms with Gasteiger partial charge in [-0.15, -0.1) is 0 Å². The molecular weight excluding hydrogens is 539 g/mol. The van der Waals surface area contributed by atoms with Crippen LogP contribution in [0.4, 0.5) is 21.4 Å². The maximum atomic E-state index is 12.4. The zero-order valence-corrected chi connectivity index (χ0v) is 22.4. The van der Waals surface area contributed by atoms with Gasteiger partial charge >= 0.3 is 12.2 Å². The van der Waals surface area contributed by atoms with Gasteiger partial charge in [0.05, 0.1) is 3.57 Å². The van der Waals surface area contributed by atoms with Crippen LogP contribution in [0.5, 0.6) is 0 Å². The van der Waals surface area contributed by atoms with Crippen molar-refractivity contribution < 1.29 is 19.1 Å². The van der Waals surface area contributed by atoms with Crippen LogP contribution in [0.2, 0.25) is 0 Å². The van der Waals surface area contributed by atoms with E-state index in [1.807, 2.05) is 59.1 Å². The predicted molar refractivity (Wildman–Crippen MR) is 135 cm³/mol. The van der Waals surface area contributed by atoms with E-state index in [1.54, 1.807) is 6.20 Å². The molecule has 10 nitrogen and oxygen atoms in total. The molecule has 2 aromatic rings. The molecule has 1 saturated heterocycles. The number of rotatable bonds is 3. The number of amides is 2. The number of fused-ring (bicyclic) bond motifs is 1. The van der Waals surface area contributed by atoms with Gasteiger partial charge in [0, 0.05) is 31.0 Å². The Morgan fingerprint density at radius 3 is 2.21 bits per heavy atom. The van der Waals surface area contributed by atoms with Gasteiger partial charge in [-0.1, -0.05) is 0 Å². The highest BCUT2D eigenvalue weighted by molar-refractivity contribution is 14.1. The van der Waals surface area contributed by atoms with Crippen molar-refractivity contribution in [1.82, 2.24) is 19.7 Å². The monoisotopic (exact) mass is 572 g/mol. The van der Waals surface area contributed by atoms with Crippen LogP contribution in [-0.4, -0.2) is 56.4 Å². The fraction of sp³-hybridized carbons (Fsp3) is 0.636. The second kappa shape index (κ2) is 9.15. The van der Waals surface area contributed by atoms with Crippen molar-refractivity contribution in [2.24, 2.45) is 0 Å². The SMILES string of the molecule is CC1(NC(=O)OC(C)(C)C)CCN(c2nc(NC(=O)OC(C)(C)C)c(I)c3nccn23)CC1. The third-order valence-electron chi connectivity index (χ3n) is 5.04. The summed E-state index contributed by atoms with van der Waals surface area (Å²) in [5.74, 6) is 1.08. The van der Waals surface area contributed by atoms with Gasteiger partial charge in [0.1, 0.15) is 11.2 Å². The van der Waals surface area contributed by atoms with E-state index in [0.717, 1.165) is 3.57 Å². The summed E-state index contributed by atoms with van der Waals surface area (Å²) in [4.78, 5) is 36.0. The number of aromatic nitrogens is 3. The number of alkyl carbamates (subject to hydrolysis) is 1. The topological polar surface area (TPSA) is 110 Å². The first-order valence-electron chi connectivity index (χ1n) is 10.9. The Morgan fingerprint density at radius 2 is 1.64 bits per heavy atom. The molecule has 0 bridgehead atoms. The van der Waals surface area contributed by atoms with E-state index in [9.17, 15) is 9.59 Å². The van der Waals surface area contributed by atoms with Crippen molar-refractivity contribution in [1.29, 1.82) is 0 Å². The van der Waals surface area contributed by atoms with Gasteiger partial charge < -0.3 is 19.7 Å². The molecule has 2 amide bonds. The number of hydrogen-bond acceptors (Lipinski definition) is 7. The first kappa shape index (κ1) is 25.3. The Kier molecular flexibility index (Phi) is 7.02. The maximum absolute atomic E-state index is 12.4. The molecule has 11 heteroatoms. The van der Waals surface area contributed by atoms with Crippen molar-refractivity contribution in [3.05, 3.63) is 16.0 Å². The second-order valence-electron chi connectivity index (χ2n) is 10.5. The highest BCUT2D eigenvalue weighted by Gasteiger charge is 2.34. The van der Waals surface area contributed by atoms with E-state index in [2.05, 4.69) is 43.1 Å². The number of hydrogen-bond donors (Lipinski definition) is 2. The molecule has 2 N–H and O–H groups in total. The molecule has 3 heterocycles. The summed E-state index contributed by atoms with van der Waals surface area (Å²) in [6.07, 6.45) is 4.01. The molecular formula is C22H33IN6O4. The first-order valence-corrected chi connectivity index (χ1v) is 12.0. The van der Waals surface area contributed by atoms with Crippen molar-refractivity contribution in [3.63, 3.8) is 0 Å². The number of nitrogens with zero attached hydrogens (tertiary/aromatic N) is 4. The lowest BCUT2D eigenvalue weighted by atomic mass is 9.90. The van der Waals surface area contributed by atoms with Crippen molar-refractivity contribution in [3.8, 4) is 0 Å². The zero-order valence-electron chi connectivity index (χ0n) is 20.3. The van der Waals surface area contributed by atoms with Crippen LogP contribution in [0.1, 0.15) is 61.3 Å². The molecule has 3 rings (SSSR count). The Balaban J connectivity index is 1.78. The molecule has 0 atom stereocenters. The predicted octanol–water partition coefficient (Wildman–Crippen LogP) is 4.56. The lowest BCUT2D eigenvalue weighted by molar-refractivity contribution is 0.0447. The van der Waals surface area contributed by atoms with Gasteiger partial charge in [-0.3, -0.25) is 9.72 Å². The van der Waals surface area contributed by atoms with Gasteiger partial charge in [-0.05, 0) is 83.9 Å². The van der Waals surface area contributed by atoms with E-state index in [1.165, 1.54) is 0 Å². The minimum absolute atomic E-state index is 0.381. The highest BCUT2D eigenvalue weighted by Crippen LogP contribution is 2.30. The minimum Gasteiger partial charge on any atom is -0.444 e. The summed E-state index contributed by atoms with van der Waals surface area (Å²) in [5.41, 5.74) is -0.842. The molecule has 1 fully saturated rings. The summed E-state index contributed by atoms with van der Waals surface area (Å²) in [7, 11) is 0.